The van der Waals surface area contributed by atoms with Crippen LogP contribution in [0, 0.1) is 5.92 Å². The highest BCUT2D eigenvalue weighted by Crippen LogP contribution is 2.58. The maximum atomic E-state index is 14.3. The summed E-state index contributed by atoms with van der Waals surface area (Å²) in [5.41, 5.74) is 3.65. The summed E-state index contributed by atoms with van der Waals surface area (Å²) in [6.07, 6.45) is -4.76. The van der Waals surface area contributed by atoms with Crippen LogP contribution < -0.4 is 29.7 Å². The van der Waals surface area contributed by atoms with Crippen LogP contribution in [0.5, 0.6) is 23.0 Å². The number of hydrogen-bond acceptors (Lipinski definition) is 21. The van der Waals surface area contributed by atoms with Gasteiger partial charge in [0.1, 0.15) is 42.3 Å². The molecule has 4 unspecified atom stereocenters. The highest BCUT2D eigenvalue weighted by molar-refractivity contribution is 8.00. The molecule has 0 radical (unpaired) electrons. The van der Waals surface area contributed by atoms with Gasteiger partial charge in [0.15, 0.2) is 17.7 Å². The van der Waals surface area contributed by atoms with E-state index in [0.29, 0.717) is 16.7 Å². The molecule has 4 heterocycles. The van der Waals surface area contributed by atoms with Crippen molar-refractivity contribution in [3.63, 3.8) is 0 Å². The third-order valence-electron chi connectivity index (χ3n) is 15.6. The van der Waals surface area contributed by atoms with Crippen molar-refractivity contribution in [2.75, 3.05) is 70.6 Å². The average Bonchev–Trinajstić information content (AvgIpc) is 1.80. The molecule has 23 nitrogen and oxygen atoms in total. The van der Waals surface area contributed by atoms with E-state index in [0.717, 1.165) is 38.9 Å². The largest absolute Gasteiger partial charge is 0.456 e. The molecular formula is C63H65N3O20S. The fourth-order valence-electron chi connectivity index (χ4n) is 11.4. The van der Waals surface area contributed by atoms with Gasteiger partial charge in [-0.15, -0.1) is 11.8 Å². The summed E-state index contributed by atoms with van der Waals surface area (Å²) in [5.74, 6) is -4.06. The van der Waals surface area contributed by atoms with Crippen molar-refractivity contribution in [2.24, 2.45) is 5.92 Å². The van der Waals surface area contributed by atoms with Crippen molar-refractivity contribution in [3.05, 3.63) is 137 Å². The predicted octanol–water partition coefficient (Wildman–Crippen LogP) is 5.62. The maximum absolute atomic E-state index is 14.3. The van der Waals surface area contributed by atoms with E-state index in [-0.39, 0.29) is 124 Å². The van der Waals surface area contributed by atoms with E-state index in [9.17, 15) is 48.6 Å². The number of carbonyl (C=O) groups is 8. The number of ketones is 1. The molecular weight excluding hydrogens is 1150 g/mol. The molecule has 0 bridgehead atoms. The summed E-state index contributed by atoms with van der Waals surface area (Å²) in [4.78, 5) is 107. The molecule has 4 N–H and O–H groups in total. The van der Waals surface area contributed by atoms with Crippen LogP contribution in [0.2, 0.25) is 0 Å². The predicted molar refractivity (Wildman–Crippen MR) is 309 cm³/mol. The Hall–Kier alpha value is -8.07. The Morgan fingerprint density at radius 3 is 2.02 bits per heavy atom. The lowest BCUT2D eigenvalue weighted by atomic mass is 9.77. The van der Waals surface area contributed by atoms with E-state index in [2.05, 4.69) is 10.6 Å². The summed E-state index contributed by atoms with van der Waals surface area (Å²) >= 11 is 1.03. The molecule has 5 aromatic rings. The van der Waals surface area contributed by atoms with E-state index in [1.54, 1.807) is 25.1 Å². The molecule has 0 saturated carbocycles. The van der Waals surface area contributed by atoms with Crippen LogP contribution in [0.15, 0.2) is 103 Å². The van der Waals surface area contributed by atoms with Crippen LogP contribution in [0.3, 0.4) is 0 Å². The van der Waals surface area contributed by atoms with E-state index in [1.807, 2.05) is 48.5 Å². The normalized spacial score (nSPS) is 20.7. The molecule has 0 aromatic heterocycles. The summed E-state index contributed by atoms with van der Waals surface area (Å²) in [5, 5.41) is 24.8. The molecule has 1 spiro atoms. The van der Waals surface area contributed by atoms with Gasteiger partial charge in [-0.1, -0.05) is 61.5 Å². The number of aliphatic hydroxyl groups is 2. The molecule has 5 aliphatic rings. The van der Waals surface area contributed by atoms with Gasteiger partial charge in [-0.2, -0.15) is 0 Å². The van der Waals surface area contributed by atoms with Gasteiger partial charge >= 0.3 is 24.0 Å². The van der Waals surface area contributed by atoms with E-state index < -0.39 is 89.1 Å². The number of benzene rings is 5. The smallest absolute Gasteiger partial charge is 0.407 e. The van der Waals surface area contributed by atoms with Crippen LogP contribution >= 0.6 is 11.8 Å². The van der Waals surface area contributed by atoms with Crippen molar-refractivity contribution >= 4 is 65.0 Å². The monoisotopic (exact) mass is 1220 g/mol. The highest BCUT2D eigenvalue weighted by atomic mass is 32.2. The number of nitrogens with one attached hydrogen (secondary N) is 2. The van der Waals surface area contributed by atoms with Gasteiger partial charge in [0.25, 0.3) is 0 Å². The van der Waals surface area contributed by atoms with E-state index in [1.165, 1.54) is 57.4 Å². The third-order valence-corrected chi connectivity index (χ3v) is 16.9. The van der Waals surface area contributed by atoms with Gasteiger partial charge in [-0.3, -0.25) is 28.8 Å². The second-order valence-corrected chi connectivity index (χ2v) is 22.5. The number of carbonyl (C=O) groups excluding carboxylic acids is 8. The number of aliphatic hydroxyl groups excluding tert-OH is 2. The van der Waals surface area contributed by atoms with Crippen molar-refractivity contribution in [3.8, 4) is 34.1 Å². The number of alkyl carbamates (subject to hydrolysis) is 1. The average molecular weight is 1220 g/mol. The van der Waals surface area contributed by atoms with Crippen molar-refractivity contribution in [1.82, 2.24) is 10.6 Å². The number of methoxy groups -OCH3 is 1. The van der Waals surface area contributed by atoms with Gasteiger partial charge < -0.3 is 68.2 Å². The molecule has 4 amide bonds. The first-order valence-electron chi connectivity index (χ1n) is 28.3. The second kappa shape index (κ2) is 27.3. The zero-order valence-corrected chi connectivity index (χ0v) is 48.8. The van der Waals surface area contributed by atoms with Gasteiger partial charge in [-0.25, -0.2) is 14.5 Å². The second-order valence-electron chi connectivity index (χ2n) is 21.3. The summed E-state index contributed by atoms with van der Waals surface area (Å²) in [7, 11) is 1.35. The number of hydrogen-bond donors (Lipinski definition) is 4. The summed E-state index contributed by atoms with van der Waals surface area (Å²) in [6.45, 7) is 4.82. The zero-order chi connectivity index (χ0) is 61.5. The molecule has 7 atom stereocenters. The fourth-order valence-corrected chi connectivity index (χ4v) is 12.6. The van der Waals surface area contributed by atoms with Crippen LogP contribution in [0.1, 0.15) is 84.1 Å². The Labute approximate surface area is 504 Å². The minimum atomic E-state index is -1.64. The number of nitrogens with zero attached hydrogens (tertiary/aromatic N) is 1. The van der Waals surface area contributed by atoms with Crippen molar-refractivity contribution in [1.29, 1.82) is 0 Å². The minimum Gasteiger partial charge on any atom is -0.456 e. The lowest BCUT2D eigenvalue weighted by molar-refractivity contribution is -0.282. The van der Waals surface area contributed by atoms with Crippen LogP contribution in [-0.2, 0) is 67.5 Å². The van der Waals surface area contributed by atoms with Gasteiger partial charge in [0.2, 0.25) is 17.7 Å². The molecule has 458 valence electrons. The number of imide groups is 1. The number of rotatable bonds is 25. The molecule has 2 fully saturated rings. The van der Waals surface area contributed by atoms with Crippen molar-refractivity contribution < 1.29 is 95.9 Å². The Morgan fingerprint density at radius 2 is 1.38 bits per heavy atom. The molecule has 5 aromatic carbocycles. The molecule has 1 aliphatic carbocycles. The first-order valence-corrected chi connectivity index (χ1v) is 29.4. The Morgan fingerprint density at radius 1 is 0.747 bits per heavy atom. The van der Waals surface area contributed by atoms with E-state index >= 15 is 0 Å². The molecule has 24 heteroatoms. The first-order chi connectivity index (χ1) is 41.9. The number of amides is 4. The topological polar surface area (TPSA) is 297 Å². The summed E-state index contributed by atoms with van der Waals surface area (Å²) < 4.78 is 56.5. The maximum Gasteiger partial charge on any atom is 0.407 e. The fraction of sp³-hybridized carbons (Fsp3) is 0.397. The van der Waals surface area contributed by atoms with Crippen LogP contribution in [-0.4, -0.2) is 159 Å². The van der Waals surface area contributed by atoms with E-state index in [4.69, 9.17) is 47.4 Å². The highest BCUT2D eigenvalue weighted by Gasteiger charge is 2.54. The summed E-state index contributed by atoms with van der Waals surface area (Å²) in [6, 6.07) is 28.3. The molecule has 2 saturated heterocycles. The first kappa shape index (κ1) is 62.0. The Balaban J connectivity index is 0.753. The lowest BCUT2D eigenvalue weighted by Crippen LogP contribution is -2.55. The quantitative estimate of drug-likeness (QED) is 0.0238. The van der Waals surface area contributed by atoms with Gasteiger partial charge in [-0.05, 0) is 65.1 Å². The van der Waals surface area contributed by atoms with Crippen molar-refractivity contribution in [2.45, 2.75) is 87.4 Å². The van der Waals surface area contributed by atoms with Crippen LogP contribution in [0.4, 0.5) is 10.5 Å². The SMILES string of the molecule is CO[C@@H]1OC(COCC(=O)NCCOCCOCCCC(=O)C(CSC2CC(=O)N(c3ccc4c(c3)C(=O)OC43c4ccc(OC(C)=O)cc4Oc4cc(OC(C)=O)ccc43)C2=O)NC(=O)OCC2c3ccccc3-c3ccccc32)[C@@H](C)[C@H](O)C1O. The molecule has 87 heavy (non-hydrogen) atoms. The van der Waals surface area contributed by atoms with Gasteiger partial charge in [0.05, 0.1) is 61.2 Å². The molecule has 4 aliphatic heterocycles. The van der Waals surface area contributed by atoms with Crippen LogP contribution in [0.25, 0.3) is 11.1 Å². The number of esters is 3. The molecule has 10 rings (SSSR count). The Kier molecular flexibility index (Phi) is 19.5. The van der Waals surface area contributed by atoms with Gasteiger partial charge in [0, 0.05) is 93.4 Å². The number of Topliss-reactive ketones (excluding diaryl/α,β-unsaturated/α-hetero) is 1. The zero-order valence-electron chi connectivity index (χ0n) is 48.0. The number of ether oxygens (including phenoxy) is 10. The number of fused-ring (bicyclic) bond motifs is 9. The Bertz CT molecular complexity index is 3350. The third kappa shape index (κ3) is 13.4. The standard InChI is InChI=1S/C63H65N3O20S/c1-34-53(85-61(77-4)58(73)57(34)72)31-80-32-55(70)64-21-23-79-25-24-78-22-9-14-50(69)49(65-62(76)81-30-45-42-12-7-5-10-40(42)41-11-6-8-13-43(41)45)33-87-54-29-56(71)66(59(54)74)37-15-18-46-44(26-37)60(75)86-63(46)47-19-16-38(82-35(2)67)27-51(47)84-52-28-39(83-36(3)68)17-20-48(52)63/h5-8,10-13,15-20,26-28,34,45,49,53-54,57-58,61,72-73H,9,14,21-25,29-33H2,1-4H3,(H,64,70)(H,65,76)/t34-,49?,53?,54?,57+,58?,61-/m1/s1. The number of thioether (sulfide) groups is 1. The number of anilines is 1. The lowest BCUT2D eigenvalue weighted by Gasteiger charge is -2.40. The minimum absolute atomic E-state index is 0.000872.